The third kappa shape index (κ3) is 5.98. The van der Waals surface area contributed by atoms with Crippen LogP contribution in [0.1, 0.15) is 31.7 Å². The van der Waals surface area contributed by atoms with Gasteiger partial charge in [-0.05, 0) is 37.6 Å². The normalized spacial score (nSPS) is 13.0. The van der Waals surface area contributed by atoms with Crippen LogP contribution in [-0.4, -0.2) is 34.3 Å². The Bertz CT molecular complexity index is 1250. The maximum atomic E-state index is 13.3. The molecule has 0 aliphatic carbocycles. The molecule has 2 aromatic carbocycles. The molecule has 182 valence electrons. The van der Waals surface area contributed by atoms with Gasteiger partial charge in [-0.3, -0.25) is 4.79 Å². The Kier molecular flexibility index (Phi) is 8.03. The number of nitrogens with zero attached hydrogens (tertiary/aromatic N) is 3. The van der Waals surface area contributed by atoms with Crippen molar-refractivity contribution in [1.82, 2.24) is 14.8 Å². The van der Waals surface area contributed by atoms with Crippen LogP contribution in [0.4, 0.5) is 18.9 Å². The van der Waals surface area contributed by atoms with Crippen molar-refractivity contribution >= 4 is 33.2 Å². The van der Waals surface area contributed by atoms with Gasteiger partial charge < -0.3 is 9.88 Å². The second-order valence-corrected chi connectivity index (χ2v) is 10.4. The summed E-state index contributed by atoms with van der Waals surface area (Å²) in [6.45, 7) is 3.86. The Morgan fingerprint density at radius 3 is 2.32 bits per heavy atom. The van der Waals surface area contributed by atoms with Gasteiger partial charge >= 0.3 is 6.18 Å². The summed E-state index contributed by atoms with van der Waals surface area (Å²) in [5.74, 6) is -0.778. The van der Waals surface area contributed by atoms with Crippen LogP contribution < -0.4 is 5.32 Å². The predicted octanol–water partition coefficient (Wildman–Crippen LogP) is 4.80. The predicted molar refractivity (Wildman–Crippen MR) is 123 cm³/mol. The molecule has 0 aliphatic rings. The lowest BCUT2D eigenvalue weighted by atomic mass is 10.1. The molecule has 3 aromatic rings. The van der Waals surface area contributed by atoms with Crippen LogP contribution in [0.15, 0.2) is 64.6 Å². The van der Waals surface area contributed by atoms with Crippen molar-refractivity contribution in [2.24, 2.45) is 0 Å². The highest BCUT2D eigenvalue weighted by Crippen LogP contribution is 2.35. The van der Waals surface area contributed by atoms with Gasteiger partial charge in [-0.1, -0.05) is 49.0 Å². The van der Waals surface area contributed by atoms with Crippen LogP contribution in [0.3, 0.4) is 0 Å². The second kappa shape index (κ2) is 10.6. The highest BCUT2D eigenvalue weighted by atomic mass is 32.2. The van der Waals surface area contributed by atoms with Crippen molar-refractivity contribution < 1.29 is 26.4 Å². The number of thioether (sulfide) groups is 1. The van der Waals surface area contributed by atoms with Gasteiger partial charge in [0.2, 0.25) is 5.91 Å². The Morgan fingerprint density at radius 2 is 1.71 bits per heavy atom. The molecule has 1 heterocycles. The highest BCUT2D eigenvalue weighted by molar-refractivity contribution is 8.00. The maximum Gasteiger partial charge on any atom is 0.418 e. The molecule has 0 spiro atoms. The number of nitrogens with one attached hydrogen (secondary N) is 1. The molecule has 7 nitrogen and oxygen atoms in total. The van der Waals surface area contributed by atoms with E-state index in [2.05, 4.69) is 15.5 Å². The standard InChI is InChI=1S/C22H23F3N4O3S2/c1-3-18(20(30)26-17-13-9-8-12-16(17)22(23,24)25)33-21-28-27-19(29(21)4-2)14-34(31,32)15-10-6-5-7-11-15/h5-13,18H,3-4,14H2,1-2H3,(H,26,30). The van der Waals surface area contributed by atoms with E-state index in [0.717, 1.165) is 17.8 Å². The molecule has 0 bridgehead atoms. The number of sulfone groups is 1. The zero-order chi connectivity index (χ0) is 24.9. The van der Waals surface area contributed by atoms with Crippen LogP contribution in [-0.2, 0) is 33.1 Å². The van der Waals surface area contributed by atoms with Gasteiger partial charge in [-0.2, -0.15) is 13.2 Å². The van der Waals surface area contributed by atoms with E-state index in [1.54, 1.807) is 36.6 Å². The summed E-state index contributed by atoms with van der Waals surface area (Å²) in [6, 6.07) is 12.7. The largest absolute Gasteiger partial charge is 0.418 e. The lowest BCUT2D eigenvalue weighted by Crippen LogP contribution is -2.26. The summed E-state index contributed by atoms with van der Waals surface area (Å²) < 4.78 is 66.8. The smallest absolute Gasteiger partial charge is 0.325 e. The number of rotatable bonds is 9. The number of para-hydroxylation sites is 1. The van der Waals surface area contributed by atoms with Crippen molar-refractivity contribution in [3.63, 3.8) is 0 Å². The summed E-state index contributed by atoms with van der Waals surface area (Å²) in [4.78, 5) is 13.0. The molecule has 0 radical (unpaired) electrons. The van der Waals surface area contributed by atoms with E-state index in [1.165, 1.54) is 30.3 Å². The molecule has 1 N–H and O–H groups in total. The quantitative estimate of drug-likeness (QED) is 0.414. The van der Waals surface area contributed by atoms with Gasteiger partial charge in [0, 0.05) is 6.54 Å². The number of alkyl halides is 3. The van der Waals surface area contributed by atoms with E-state index < -0.39 is 32.7 Å². The number of carbonyl (C=O) groups excluding carboxylic acids is 1. The average Bonchev–Trinajstić information content (AvgIpc) is 3.17. The molecular weight excluding hydrogens is 489 g/mol. The van der Waals surface area contributed by atoms with Gasteiger partial charge in [0.05, 0.1) is 21.4 Å². The first-order valence-electron chi connectivity index (χ1n) is 10.4. The molecule has 0 fully saturated rings. The van der Waals surface area contributed by atoms with Crippen molar-refractivity contribution in [3.05, 3.63) is 66.0 Å². The van der Waals surface area contributed by atoms with Crippen molar-refractivity contribution in [1.29, 1.82) is 0 Å². The minimum absolute atomic E-state index is 0.156. The van der Waals surface area contributed by atoms with Crippen molar-refractivity contribution in [2.45, 2.75) is 54.0 Å². The topological polar surface area (TPSA) is 93.9 Å². The van der Waals surface area contributed by atoms with Crippen LogP contribution in [0.2, 0.25) is 0 Å². The zero-order valence-electron chi connectivity index (χ0n) is 18.4. The monoisotopic (exact) mass is 512 g/mol. The van der Waals surface area contributed by atoms with Gasteiger partial charge in [0.15, 0.2) is 15.0 Å². The third-order valence-corrected chi connectivity index (χ3v) is 7.91. The van der Waals surface area contributed by atoms with Crippen molar-refractivity contribution in [2.75, 3.05) is 5.32 Å². The molecule has 0 aliphatic heterocycles. The highest BCUT2D eigenvalue weighted by Gasteiger charge is 2.34. The number of hydrogen-bond donors (Lipinski definition) is 1. The van der Waals surface area contributed by atoms with Crippen LogP contribution in [0, 0.1) is 0 Å². The number of halogens is 3. The summed E-state index contributed by atoms with van der Waals surface area (Å²) >= 11 is 1.02. The Balaban J connectivity index is 1.80. The van der Waals surface area contributed by atoms with E-state index in [1.807, 2.05) is 0 Å². The molecule has 12 heteroatoms. The number of aromatic nitrogens is 3. The number of carbonyl (C=O) groups is 1. The number of anilines is 1. The molecule has 1 aromatic heterocycles. The molecule has 1 unspecified atom stereocenters. The SMILES string of the molecule is CCC(Sc1nnc(CS(=O)(=O)c2ccccc2)n1CC)C(=O)Nc1ccccc1C(F)(F)F. The molecule has 0 saturated carbocycles. The van der Waals surface area contributed by atoms with E-state index in [-0.39, 0.29) is 22.2 Å². The fraction of sp³-hybridized carbons (Fsp3) is 0.318. The van der Waals surface area contributed by atoms with Gasteiger partial charge in [-0.15, -0.1) is 10.2 Å². The molecule has 3 rings (SSSR count). The number of amides is 1. The minimum Gasteiger partial charge on any atom is -0.325 e. The van der Waals surface area contributed by atoms with Crippen molar-refractivity contribution in [3.8, 4) is 0 Å². The summed E-state index contributed by atoms with van der Waals surface area (Å²) in [5.41, 5.74) is -1.26. The summed E-state index contributed by atoms with van der Waals surface area (Å²) in [7, 11) is -3.66. The summed E-state index contributed by atoms with van der Waals surface area (Å²) in [6.07, 6.45) is -4.31. The number of hydrogen-bond acceptors (Lipinski definition) is 6. The third-order valence-electron chi connectivity index (χ3n) is 4.93. The van der Waals surface area contributed by atoms with E-state index in [9.17, 15) is 26.4 Å². The first kappa shape index (κ1) is 25.8. The fourth-order valence-electron chi connectivity index (χ4n) is 3.21. The second-order valence-electron chi connectivity index (χ2n) is 7.26. The zero-order valence-corrected chi connectivity index (χ0v) is 20.0. The molecular formula is C22H23F3N4O3S2. The molecule has 0 saturated heterocycles. The van der Waals surface area contributed by atoms with Crippen LogP contribution >= 0.6 is 11.8 Å². The lowest BCUT2D eigenvalue weighted by molar-refractivity contribution is -0.137. The summed E-state index contributed by atoms with van der Waals surface area (Å²) in [5, 5.41) is 9.96. The molecule has 1 amide bonds. The average molecular weight is 513 g/mol. The van der Waals surface area contributed by atoms with Gasteiger partial charge in [-0.25, -0.2) is 8.42 Å². The Hall–Kier alpha value is -2.86. The first-order chi connectivity index (χ1) is 16.1. The van der Waals surface area contributed by atoms with Crippen LogP contribution in [0.25, 0.3) is 0 Å². The molecule has 34 heavy (non-hydrogen) atoms. The Morgan fingerprint density at radius 1 is 1.06 bits per heavy atom. The Labute approximate surface area is 199 Å². The first-order valence-corrected chi connectivity index (χ1v) is 12.9. The van der Waals surface area contributed by atoms with Crippen LogP contribution in [0.5, 0.6) is 0 Å². The maximum absolute atomic E-state index is 13.3. The van der Waals surface area contributed by atoms with Gasteiger partial charge in [0.25, 0.3) is 0 Å². The van der Waals surface area contributed by atoms with E-state index in [0.29, 0.717) is 18.1 Å². The lowest BCUT2D eigenvalue weighted by Gasteiger charge is -2.17. The van der Waals surface area contributed by atoms with E-state index >= 15 is 0 Å². The molecule has 1 atom stereocenters. The van der Waals surface area contributed by atoms with Gasteiger partial charge in [0.1, 0.15) is 11.6 Å². The van der Waals surface area contributed by atoms with E-state index in [4.69, 9.17) is 0 Å². The number of benzene rings is 2. The fourth-order valence-corrected chi connectivity index (χ4v) is 5.54. The minimum atomic E-state index is -4.61.